The highest BCUT2D eigenvalue weighted by atomic mass is 31.2. The Kier molecular flexibility index (Phi) is 112. The molecule has 8 unspecified atom stereocenters. The van der Waals surface area contributed by atoms with Gasteiger partial charge in [-0.05, 0) is 92.4 Å². The molecule has 0 aromatic carbocycles. The van der Waals surface area contributed by atoms with Crippen LogP contribution in [0.25, 0.3) is 0 Å². The van der Waals surface area contributed by atoms with Gasteiger partial charge in [-0.15, -0.1) is 0 Å². The van der Waals surface area contributed by atoms with E-state index in [0.29, 0.717) is 92.5 Å². The summed E-state index contributed by atoms with van der Waals surface area (Å²) >= 11 is 0. The summed E-state index contributed by atoms with van der Waals surface area (Å²) < 4.78 is 232. The average molecular weight is 1910 g/mol. The summed E-state index contributed by atoms with van der Waals surface area (Å²) in [5.74, 6) is 0. The Hall–Kier alpha value is 1.95. The van der Waals surface area contributed by atoms with Gasteiger partial charge in [-0.25, -0.2) is 0 Å². The molecular formula is C60H159O39P13. The lowest BCUT2D eigenvalue weighted by Gasteiger charge is -2.13. The van der Waals surface area contributed by atoms with Crippen LogP contribution in [0.15, 0.2) is 0 Å². The highest BCUT2D eigenvalue weighted by Crippen LogP contribution is 2.48. The van der Waals surface area contributed by atoms with Crippen LogP contribution in [0.5, 0.6) is 0 Å². The zero-order chi connectivity index (χ0) is 91.7. The monoisotopic (exact) mass is 1910 g/mol. The molecule has 0 rings (SSSR count). The van der Waals surface area contributed by atoms with Crippen molar-refractivity contribution in [2.24, 2.45) is 0 Å². The molecule has 0 aliphatic heterocycles. The molecule has 0 saturated heterocycles. The van der Waals surface area contributed by atoms with Crippen LogP contribution in [0.1, 0.15) is 180 Å². The third kappa shape index (κ3) is 174. The van der Waals surface area contributed by atoms with E-state index in [9.17, 15) is 59.3 Å². The Morgan fingerprint density at radius 3 is 0.464 bits per heavy atom. The molecule has 6 N–H and O–H groups in total. The lowest BCUT2D eigenvalue weighted by Crippen LogP contribution is -1.97. The van der Waals surface area contributed by atoms with E-state index in [1.807, 2.05) is 41.5 Å². The second-order valence-corrected chi connectivity index (χ2v) is 48.6. The Bertz CT molecular complexity index is 2640. The molecule has 0 aliphatic carbocycles. The third-order valence-electron chi connectivity index (χ3n) is 9.77. The van der Waals surface area contributed by atoms with E-state index in [0.717, 1.165) is 103 Å². The van der Waals surface area contributed by atoms with Crippen molar-refractivity contribution in [2.75, 3.05) is 222 Å². The Labute approximate surface area is 676 Å². The van der Waals surface area contributed by atoms with E-state index < -0.39 is 98.7 Å². The second kappa shape index (κ2) is 87.8. The maximum atomic E-state index is 11.5. The number of unbranched alkanes of at least 4 members (excludes halogenated alkanes) is 4. The topological polar surface area (TPSA) is 528 Å². The van der Waals surface area contributed by atoms with Gasteiger partial charge in [0.25, 0.3) is 0 Å². The normalized spacial score (nSPS) is 15.3. The van der Waals surface area contributed by atoms with E-state index in [2.05, 4.69) is 61.5 Å². The zero-order valence-electron chi connectivity index (χ0n) is 74.1. The van der Waals surface area contributed by atoms with Crippen molar-refractivity contribution in [2.45, 2.75) is 180 Å². The molecule has 0 fully saturated rings. The molecule has 0 aliphatic rings. The van der Waals surface area contributed by atoms with Gasteiger partial charge in [-0.2, -0.15) is 0 Å². The average Bonchev–Trinajstić information content (AvgIpc) is 0.947. The van der Waals surface area contributed by atoms with E-state index >= 15 is 0 Å². The van der Waals surface area contributed by atoms with Crippen LogP contribution in [0, 0.1) is 0 Å². The summed E-state index contributed by atoms with van der Waals surface area (Å²) in [6.07, 6.45) is 12.0. The summed E-state index contributed by atoms with van der Waals surface area (Å²) in [5, 5.41) is 0. The standard InChI is InChI=1S/C9H21O3P.C7H17O3P.2C6H15O3P.3C5H13O3P.2C4H11O3P.2C3H9O3P.C2H7O3P.CH5O3P/c1-4-6-8-11-13(3,10)12-9-7-5-2;1-4-6-9-11(3,8)10-7-5-2;1-4-5-6-9-10(3,7)8-2;1-4-6-9-10(3,7)8-5-2;1-4-5-8-9(3,6)7-2;1-4-7-9(3,6)8-5-2;1-3-4-5-8-9(2,6)7;1-4-7-8(3,5)6-2;1-3-4-7-8(2,5)6;1-5-7(3,4)6-2;1-3-6-7(2,4)5;1-5-6(2,3)4;1-5(2,3)4/h4-9H2,1-3H3;4-7H2,1-3H3;2*4-6H2,1-3H3;2*4-5H2,1-3H3;3-5H2,1-2H3,(H,6,7);4H2,1-3H3;3-4H2,1-2H3,(H,5,6);1-3H3;3H2,1-2H3,(H,4,5);1-2H3,(H,3,4);1H3,(H2,2,3,4). The van der Waals surface area contributed by atoms with Crippen molar-refractivity contribution in [3.8, 4) is 0 Å². The van der Waals surface area contributed by atoms with Crippen molar-refractivity contribution in [1.82, 2.24) is 0 Å². The molecule has 0 amide bonds. The van der Waals surface area contributed by atoms with Gasteiger partial charge >= 0.3 is 98.7 Å². The minimum Gasteiger partial charge on any atom is -0.325 e. The van der Waals surface area contributed by atoms with Gasteiger partial charge < -0.3 is 120 Å². The summed E-state index contributed by atoms with van der Waals surface area (Å²) in [4.78, 5) is 48.8. The van der Waals surface area contributed by atoms with E-state index in [4.69, 9.17) is 79.1 Å². The van der Waals surface area contributed by atoms with Crippen LogP contribution >= 0.6 is 98.7 Å². The molecule has 0 spiro atoms. The maximum absolute atomic E-state index is 11.5. The quantitative estimate of drug-likeness (QED) is 0.0243. The largest absolute Gasteiger partial charge is 0.327 e. The number of hydrogen-bond acceptors (Lipinski definition) is 33. The first-order valence-corrected chi connectivity index (χ1v) is 62.0. The number of hydrogen-bond donors (Lipinski definition) is 6. The van der Waals surface area contributed by atoms with Gasteiger partial charge in [0.05, 0.1) is 92.5 Å². The molecule has 8 atom stereocenters. The summed E-state index contributed by atoms with van der Waals surface area (Å²) in [6, 6.07) is 0. The molecule has 0 heterocycles. The number of rotatable bonds is 47. The first kappa shape index (κ1) is 143. The Balaban J connectivity index is -0.0000000867. The van der Waals surface area contributed by atoms with Gasteiger partial charge in [-0.3, -0.25) is 59.3 Å². The van der Waals surface area contributed by atoms with Crippen molar-refractivity contribution in [1.29, 1.82) is 0 Å². The minimum atomic E-state index is -3.64. The van der Waals surface area contributed by atoms with Gasteiger partial charge in [0, 0.05) is 129 Å². The lowest BCUT2D eigenvalue weighted by atomic mass is 10.4. The predicted molar refractivity (Wildman–Crippen MR) is 454 cm³/mol. The van der Waals surface area contributed by atoms with E-state index in [1.54, 1.807) is 41.3 Å². The van der Waals surface area contributed by atoms with Crippen molar-refractivity contribution >= 4 is 98.7 Å². The van der Waals surface area contributed by atoms with E-state index in [-0.39, 0.29) is 0 Å². The van der Waals surface area contributed by atoms with Crippen molar-refractivity contribution in [3.63, 3.8) is 0 Å². The molecule has 0 bridgehead atoms. The van der Waals surface area contributed by atoms with Gasteiger partial charge in [-0.1, -0.05) is 88.0 Å². The molecule has 112 heavy (non-hydrogen) atoms. The van der Waals surface area contributed by atoms with Gasteiger partial charge in [0.2, 0.25) is 0 Å². The SMILES string of the molecule is CCCCOP(C)(=O)O.CCCCOP(C)(=O)OC.CCCCOP(C)(=O)OCCCC.CCCOP(C)(=O)O.CCCOP(C)(=O)OC.CCCOP(C)(=O)OCC.CCCOP(C)(=O)OCCC.CCOP(C)(=O)O.CCOP(C)(=O)OC.CCOP(C)(=O)OCC.COP(C)(=O)O.COP(C)(=O)OC.CP(=O)(O)O. The summed E-state index contributed by atoms with van der Waals surface area (Å²) in [7, 11) is -29.9. The molecule has 698 valence electrons. The lowest BCUT2D eigenvalue weighted by molar-refractivity contribution is 0.204. The van der Waals surface area contributed by atoms with Gasteiger partial charge in [0.15, 0.2) is 0 Å². The fourth-order valence-electron chi connectivity index (χ4n) is 4.35. The Morgan fingerprint density at radius 2 is 0.321 bits per heavy atom. The molecule has 0 aromatic rings. The molecule has 0 aromatic heterocycles. The van der Waals surface area contributed by atoms with Crippen molar-refractivity contribution in [3.05, 3.63) is 0 Å². The molecule has 0 saturated carbocycles. The molecule has 39 nitrogen and oxygen atoms in total. The Morgan fingerprint density at radius 1 is 0.179 bits per heavy atom. The first-order chi connectivity index (χ1) is 50.7. The molecular weight excluding hydrogens is 1750 g/mol. The van der Waals surface area contributed by atoms with Crippen LogP contribution in [0.4, 0.5) is 0 Å². The summed E-state index contributed by atoms with van der Waals surface area (Å²) in [5.41, 5.74) is 0. The highest BCUT2D eigenvalue weighted by Gasteiger charge is 2.19. The van der Waals surface area contributed by atoms with E-state index in [1.165, 1.54) is 103 Å². The predicted octanol–water partition coefficient (Wildman–Crippen LogP) is 20.9. The fraction of sp³-hybridized carbons (Fsp3) is 1.00. The maximum Gasteiger partial charge on any atom is 0.327 e. The first-order valence-electron chi connectivity index (χ1n) is 35.9. The van der Waals surface area contributed by atoms with Gasteiger partial charge in [0.1, 0.15) is 0 Å². The smallest absolute Gasteiger partial charge is 0.325 e. The van der Waals surface area contributed by atoms with Crippen LogP contribution in [0.3, 0.4) is 0 Å². The van der Waals surface area contributed by atoms with Crippen molar-refractivity contribution < 1.29 is 179 Å². The zero-order valence-corrected chi connectivity index (χ0v) is 85.7. The minimum absolute atomic E-state index is 0.296. The second-order valence-electron chi connectivity index (χ2n) is 22.3. The third-order valence-corrected chi connectivity index (χ3v) is 23.3. The van der Waals surface area contributed by atoms with Crippen LogP contribution in [-0.2, 0) is 150 Å². The molecule has 52 heteroatoms. The van der Waals surface area contributed by atoms with Crippen LogP contribution in [-0.4, -0.2) is 251 Å². The van der Waals surface area contributed by atoms with Crippen LogP contribution in [0.2, 0.25) is 0 Å². The van der Waals surface area contributed by atoms with Crippen LogP contribution < -0.4 is 0 Å². The molecule has 0 radical (unpaired) electrons. The summed E-state index contributed by atoms with van der Waals surface area (Å²) in [6.45, 7) is 50.5. The highest BCUT2D eigenvalue weighted by molar-refractivity contribution is 7.55. The fourth-order valence-corrected chi connectivity index (χ4v) is 11.9.